The Balaban J connectivity index is 1.28. The lowest BCUT2D eigenvalue weighted by Gasteiger charge is -2.35. The Morgan fingerprint density at radius 3 is 2.24 bits per heavy atom. The monoisotopic (exact) mass is 817 g/mol. The van der Waals surface area contributed by atoms with E-state index in [4.69, 9.17) is 29.4 Å². The number of methoxy groups -OCH3 is 3. The van der Waals surface area contributed by atoms with E-state index >= 15 is 0 Å². The van der Waals surface area contributed by atoms with Gasteiger partial charge < -0.3 is 44.2 Å². The van der Waals surface area contributed by atoms with E-state index in [-0.39, 0.29) is 29.7 Å². The number of rotatable bonds is 16. The van der Waals surface area contributed by atoms with Gasteiger partial charge in [0.25, 0.3) is 5.91 Å². The summed E-state index contributed by atoms with van der Waals surface area (Å²) >= 11 is 0. The van der Waals surface area contributed by atoms with Gasteiger partial charge in [-0.3, -0.25) is 19.7 Å². The molecule has 4 aromatic rings. The van der Waals surface area contributed by atoms with Crippen LogP contribution in [0.1, 0.15) is 71.0 Å². The number of imidazole rings is 1. The predicted molar refractivity (Wildman–Crippen MR) is 222 cm³/mol. The summed E-state index contributed by atoms with van der Waals surface area (Å²) in [5.41, 5.74) is 9.24. The Labute approximate surface area is 343 Å². The minimum absolute atomic E-state index is 0.229. The predicted octanol–water partition coefficient (Wildman–Crippen LogP) is 4.97. The van der Waals surface area contributed by atoms with Crippen molar-refractivity contribution in [3.63, 3.8) is 0 Å². The Hall–Kier alpha value is -6.30. The van der Waals surface area contributed by atoms with E-state index in [1.54, 1.807) is 38.4 Å². The van der Waals surface area contributed by atoms with Gasteiger partial charge in [-0.25, -0.2) is 19.4 Å². The molecule has 18 heteroatoms. The minimum atomic E-state index is -0.559. The molecule has 4 N–H and O–H groups in total. The summed E-state index contributed by atoms with van der Waals surface area (Å²) in [6.07, 6.45) is 4.14. The van der Waals surface area contributed by atoms with Gasteiger partial charge in [0, 0.05) is 52.4 Å². The second-order valence-electron chi connectivity index (χ2n) is 14.8. The molecule has 318 valence electrons. The molecule has 1 aliphatic rings. The van der Waals surface area contributed by atoms with E-state index in [2.05, 4.69) is 25.6 Å². The van der Waals surface area contributed by atoms with Crippen LogP contribution >= 0.6 is 0 Å². The number of amides is 2. The molecule has 1 aliphatic heterocycles. The highest BCUT2D eigenvalue weighted by Crippen LogP contribution is 2.34. The first-order chi connectivity index (χ1) is 28.2. The van der Waals surface area contributed by atoms with Gasteiger partial charge in [-0.1, -0.05) is 12.2 Å². The van der Waals surface area contributed by atoms with E-state index < -0.39 is 23.4 Å². The molecule has 3 heterocycles. The number of nitrogen functional groups attached to an aromatic ring is 1. The summed E-state index contributed by atoms with van der Waals surface area (Å²) in [5.74, 6) is -0.522. The number of aryl methyl sites for hydroxylation is 2. The standard InChI is InChI=1S/C41H55N9O9/c1-9-50-31(21-26(2)46-50)36(51)45-39-44-30-23-28(38(53)57-8)25-33(55-6)35(30)49(39)15-11-10-13-43-34-29(42)22-27(37(52)56-7)24-32(34)58-20-12-14-47-16-18-48(19-17-47)40(54)59-41(3,4)5/h10-11,21-25,43H,9,12-20,42H2,1-8H3,(H,44,45,51)/b11-10+. The summed E-state index contributed by atoms with van der Waals surface area (Å²) < 4.78 is 30.6. The number of hydrogen-bond donors (Lipinski definition) is 3. The number of aromatic nitrogens is 4. The molecule has 1 fully saturated rings. The van der Waals surface area contributed by atoms with Gasteiger partial charge in [-0.05, 0) is 71.4 Å². The molecular weight excluding hydrogens is 763 g/mol. The fraction of sp³-hybridized carbons (Fsp3) is 0.463. The third-order valence-corrected chi connectivity index (χ3v) is 9.41. The van der Waals surface area contributed by atoms with Crippen LogP contribution in [0.2, 0.25) is 0 Å². The summed E-state index contributed by atoms with van der Waals surface area (Å²) in [6, 6.07) is 7.97. The number of piperazine rings is 1. The molecule has 0 radical (unpaired) electrons. The lowest BCUT2D eigenvalue weighted by molar-refractivity contribution is 0.0141. The van der Waals surface area contributed by atoms with Gasteiger partial charge in [0.1, 0.15) is 34.0 Å². The van der Waals surface area contributed by atoms with Crippen LogP contribution in [0.4, 0.5) is 22.1 Å². The molecule has 18 nitrogen and oxygen atoms in total. The maximum atomic E-state index is 13.5. The van der Waals surface area contributed by atoms with E-state index in [0.29, 0.717) is 84.5 Å². The SMILES string of the molecule is CCn1nc(C)cc1C(=O)Nc1nc2cc(C(=O)OC)cc(OC)c2n1C/C=C/CNc1c(N)cc(C(=O)OC)cc1OCCCN1CCN(C(=O)OC(C)(C)C)CC1. The highest BCUT2D eigenvalue weighted by molar-refractivity contribution is 6.04. The summed E-state index contributed by atoms with van der Waals surface area (Å²) in [6.45, 7) is 14.0. The first-order valence-electron chi connectivity index (χ1n) is 19.4. The Morgan fingerprint density at radius 2 is 1.59 bits per heavy atom. The lowest BCUT2D eigenvalue weighted by atomic mass is 10.1. The highest BCUT2D eigenvalue weighted by Gasteiger charge is 2.26. The van der Waals surface area contributed by atoms with Crippen molar-refractivity contribution in [3.8, 4) is 11.5 Å². The number of esters is 2. The van der Waals surface area contributed by atoms with Gasteiger partial charge in [0.15, 0.2) is 0 Å². The molecule has 0 aliphatic carbocycles. The van der Waals surface area contributed by atoms with Crippen LogP contribution in [0, 0.1) is 6.92 Å². The smallest absolute Gasteiger partial charge is 0.410 e. The average Bonchev–Trinajstić information content (AvgIpc) is 3.77. The summed E-state index contributed by atoms with van der Waals surface area (Å²) in [5, 5.41) is 10.6. The van der Waals surface area contributed by atoms with Crippen LogP contribution in [0.15, 0.2) is 42.5 Å². The maximum absolute atomic E-state index is 13.5. The molecule has 59 heavy (non-hydrogen) atoms. The molecule has 0 saturated carbocycles. The molecule has 5 rings (SSSR count). The number of nitrogens with two attached hydrogens (primary N) is 1. The van der Waals surface area contributed by atoms with E-state index in [1.807, 2.05) is 46.8 Å². The van der Waals surface area contributed by atoms with Crippen LogP contribution in [-0.4, -0.2) is 126 Å². The van der Waals surface area contributed by atoms with Crippen LogP contribution in [0.3, 0.4) is 0 Å². The zero-order valence-electron chi connectivity index (χ0n) is 35.0. The topological polar surface area (TPSA) is 207 Å². The normalized spacial score (nSPS) is 13.4. The van der Waals surface area contributed by atoms with Crippen molar-refractivity contribution in [2.75, 3.05) is 83.6 Å². The second kappa shape index (κ2) is 19.4. The molecular formula is C41H55N9O9. The second-order valence-corrected chi connectivity index (χ2v) is 14.8. The van der Waals surface area contributed by atoms with Crippen molar-refractivity contribution >= 4 is 52.3 Å². The molecule has 1 saturated heterocycles. The van der Waals surface area contributed by atoms with Crippen LogP contribution < -0.4 is 25.8 Å². The highest BCUT2D eigenvalue weighted by atomic mass is 16.6. The summed E-state index contributed by atoms with van der Waals surface area (Å²) in [4.78, 5) is 59.6. The molecule has 2 amide bonds. The lowest BCUT2D eigenvalue weighted by Crippen LogP contribution is -2.50. The number of benzene rings is 2. The van der Waals surface area contributed by atoms with Crippen molar-refractivity contribution in [2.24, 2.45) is 0 Å². The first-order valence-corrected chi connectivity index (χ1v) is 19.4. The number of ether oxygens (including phenoxy) is 5. The third kappa shape index (κ3) is 11.0. The van der Waals surface area contributed by atoms with Crippen molar-refractivity contribution in [1.29, 1.82) is 0 Å². The maximum Gasteiger partial charge on any atom is 0.410 e. The van der Waals surface area contributed by atoms with Crippen LogP contribution in [0.5, 0.6) is 11.5 Å². The molecule has 0 bridgehead atoms. The Morgan fingerprint density at radius 1 is 0.915 bits per heavy atom. The molecule has 2 aromatic carbocycles. The fourth-order valence-electron chi connectivity index (χ4n) is 6.58. The van der Waals surface area contributed by atoms with Gasteiger partial charge >= 0.3 is 18.0 Å². The summed E-state index contributed by atoms with van der Waals surface area (Å²) in [7, 11) is 4.07. The molecule has 0 unspecified atom stereocenters. The zero-order valence-corrected chi connectivity index (χ0v) is 35.0. The Kier molecular flexibility index (Phi) is 14.4. The van der Waals surface area contributed by atoms with Gasteiger partial charge in [-0.2, -0.15) is 5.10 Å². The average molecular weight is 818 g/mol. The van der Waals surface area contributed by atoms with E-state index in [0.717, 1.165) is 19.6 Å². The fourth-order valence-corrected chi connectivity index (χ4v) is 6.58. The zero-order chi connectivity index (χ0) is 42.9. The van der Waals surface area contributed by atoms with E-state index in [1.165, 1.54) is 27.4 Å². The first kappa shape index (κ1) is 43.8. The minimum Gasteiger partial charge on any atom is -0.494 e. The van der Waals surface area contributed by atoms with Gasteiger partial charge in [0.05, 0.1) is 56.0 Å². The molecule has 0 spiro atoms. The largest absolute Gasteiger partial charge is 0.494 e. The van der Waals surface area contributed by atoms with E-state index in [9.17, 15) is 19.2 Å². The number of carbonyl (C=O) groups is 4. The molecule has 0 atom stereocenters. The van der Waals surface area contributed by atoms with Crippen LogP contribution in [-0.2, 0) is 27.3 Å². The quantitative estimate of drug-likeness (QED) is 0.0449. The number of fused-ring (bicyclic) bond motifs is 1. The van der Waals surface area contributed by atoms with Crippen LogP contribution in [0.25, 0.3) is 11.0 Å². The van der Waals surface area contributed by atoms with Gasteiger partial charge in [-0.15, -0.1) is 0 Å². The third-order valence-electron chi connectivity index (χ3n) is 9.41. The number of nitrogens with one attached hydrogen (secondary N) is 2. The number of allylic oxidation sites excluding steroid dienone is 1. The number of hydrogen-bond acceptors (Lipinski definition) is 14. The van der Waals surface area contributed by atoms with Crippen molar-refractivity contribution in [2.45, 2.75) is 59.7 Å². The number of nitrogens with zero attached hydrogens (tertiary/aromatic N) is 6. The number of anilines is 3. The van der Waals surface area contributed by atoms with Crippen molar-refractivity contribution in [1.82, 2.24) is 29.1 Å². The number of carbonyl (C=O) groups excluding carboxylic acids is 4. The van der Waals surface area contributed by atoms with Gasteiger partial charge in [0.2, 0.25) is 5.95 Å². The molecule has 2 aromatic heterocycles. The Bertz CT molecular complexity index is 2180. The van der Waals surface area contributed by atoms with Crippen molar-refractivity contribution in [3.05, 3.63) is 65.0 Å². The van der Waals surface area contributed by atoms with Crippen molar-refractivity contribution < 1.29 is 42.9 Å².